The van der Waals surface area contributed by atoms with Gasteiger partial charge in [0.1, 0.15) is 5.82 Å². The van der Waals surface area contributed by atoms with Gasteiger partial charge in [0.05, 0.1) is 4.90 Å². The van der Waals surface area contributed by atoms with E-state index in [9.17, 15) is 31.5 Å². The van der Waals surface area contributed by atoms with E-state index in [1.165, 1.54) is 16.7 Å². The van der Waals surface area contributed by atoms with Gasteiger partial charge in [-0.1, -0.05) is 37.3 Å². The number of aryl methyl sites for hydroxylation is 1. The van der Waals surface area contributed by atoms with Crippen LogP contribution in [0.3, 0.4) is 0 Å². The molecule has 0 unspecified atom stereocenters. The highest BCUT2D eigenvalue weighted by Gasteiger charge is 2.29. The topological polar surface area (TPSA) is 165 Å². The Morgan fingerprint density at radius 2 is 1.64 bits per heavy atom. The van der Waals surface area contributed by atoms with E-state index in [1.54, 1.807) is 43.3 Å². The summed E-state index contributed by atoms with van der Waals surface area (Å²) in [6.07, 6.45) is 1.84. The second-order valence-electron chi connectivity index (χ2n) is 7.85. The number of carboxylic acids is 1. The molecule has 0 radical (unpaired) electrons. The summed E-state index contributed by atoms with van der Waals surface area (Å²) in [5, 5.41) is 11.6. The van der Waals surface area contributed by atoms with Gasteiger partial charge in [0.25, 0.3) is 10.0 Å². The van der Waals surface area contributed by atoms with Gasteiger partial charge in [-0.05, 0) is 37.1 Å². The Morgan fingerprint density at radius 1 is 1.00 bits per heavy atom. The number of hydrogen-bond acceptors (Lipinski definition) is 7. The smallest absolute Gasteiger partial charge is 0.355 e. The number of aromatic nitrogens is 2. The van der Waals surface area contributed by atoms with Gasteiger partial charge in [0.2, 0.25) is 0 Å². The molecular weight excluding hydrogens is 508 g/mol. The number of urea groups is 1. The number of benzene rings is 2. The van der Waals surface area contributed by atoms with E-state index < -0.39 is 42.6 Å². The Hall–Kier alpha value is -3.71. The van der Waals surface area contributed by atoms with Crippen molar-refractivity contribution in [2.75, 3.05) is 12.8 Å². The molecule has 0 spiro atoms. The van der Waals surface area contributed by atoms with Crippen LogP contribution in [0.4, 0.5) is 4.79 Å². The number of nitrogens with one attached hydrogen (secondary N) is 2. The van der Waals surface area contributed by atoms with Crippen molar-refractivity contribution in [3.8, 4) is 16.8 Å². The molecule has 2 amide bonds. The first-order chi connectivity index (χ1) is 16.9. The first-order valence-corrected chi connectivity index (χ1v) is 14.3. The van der Waals surface area contributed by atoms with Gasteiger partial charge in [-0.15, -0.1) is 0 Å². The zero-order chi connectivity index (χ0) is 26.7. The van der Waals surface area contributed by atoms with Crippen molar-refractivity contribution in [1.82, 2.24) is 19.6 Å². The van der Waals surface area contributed by atoms with Gasteiger partial charge < -0.3 is 10.4 Å². The molecule has 0 aliphatic rings. The number of carboxylic acid groups (broad SMARTS) is 1. The van der Waals surface area contributed by atoms with Crippen molar-refractivity contribution in [3.05, 3.63) is 60.0 Å². The molecule has 0 atom stereocenters. The molecule has 11 nitrogen and oxygen atoms in total. The molecule has 0 aliphatic heterocycles. The fourth-order valence-corrected chi connectivity index (χ4v) is 5.62. The van der Waals surface area contributed by atoms with Gasteiger partial charge in [0, 0.05) is 30.5 Å². The molecule has 3 N–H and O–H groups in total. The van der Waals surface area contributed by atoms with Gasteiger partial charge in [-0.3, -0.25) is 4.57 Å². The van der Waals surface area contributed by atoms with Crippen LogP contribution >= 0.6 is 0 Å². The number of nitrogens with zero attached hydrogens (tertiary/aromatic N) is 2. The van der Waals surface area contributed by atoms with Crippen molar-refractivity contribution >= 4 is 31.9 Å². The normalized spacial score (nSPS) is 11.8. The van der Waals surface area contributed by atoms with Crippen LogP contribution in [0.5, 0.6) is 0 Å². The molecule has 3 rings (SSSR count). The molecule has 36 heavy (non-hydrogen) atoms. The summed E-state index contributed by atoms with van der Waals surface area (Å²) < 4.78 is 53.3. The zero-order valence-electron chi connectivity index (χ0n) is 19.8. The average Bonchev–Trinajstić information content (AvgIpc) is 3.19. The number of carbonyl (C=O) groups excluding carboxylic acids is 1. The summed E-state index contributed by atoms with van der Waals surface area (Å²) >= 11 is 0. The zero-order valence-corrected chi connectivity index (χ0v) is 21.5. The molecular formula is C23H26N4O7S2. The number of carbonyl (C=O) groups is 2. The lowest BCUT2D eigenvalue weighted by atomic mass is 10.1. The first kappa shape index (κ1) is 26.9. The van der Waals surface area contributed by atoms with Crippen LogP contribution in [-0.2, 0) is 26.3 Å². The predicted octanol–water partition coefficient (Wildman–Crippen LogP) is 2.60. The Kier molecular flexibility index (Phi) is 7.84. The number of hydrogen-bond donors (Lipinski definition) is 3. The lowest BCUT2D eigenvalue weighted by Gasteiger charge is -2.14. The minimum absolute atomic E-state index is 0.121. The van der Waals surface area contributed by atoms with E-state index in [1.807, 2.05) is 11.6 Å². The molecule has 2 aromatic carbocycles. The highest BCUT2D eigenvalue weighted by molar-refractivity contribution is 7.90. The predicted molar refractivity (Wildman–Crippen MR) is 132 cm³/mol. The van der Waals surface area contributed by atoms with E-state index in [0.29, 0.717) is 29.7 Å². The molecule has 0 aliphatic carbocycles. The number of sulfone groups is 1. The molecule has 0 fully saturated rings. The van der Waals surface area contributed by atoms with E-state index in [2.05, 4.69) is 10.3 Å². The van der Waals surface area contributed by atoms with Gasteiger partial charge in [0.15, 0.2) is 20.6 Å². The van der Waals surface area contributed by atoms with Crippen molar-refractivity contribution in [1.29, 1.82) is 0 Å². The third kappa shape index (κ3) is 5.57. The minimum Gasteiger partial charge on any atom is -0.476 e. The van der Waals surface area contributed by atoms with Gasteiger partial charge in [-0.25, -0.2) is 36.1 Å². The summed E-state index contributed by atoms with van der Waals surface area (Å²) in [7, 11) is -8.10. The Bertz CT molecular complexity index is 1510. The summed E-state index contributed by atoms with van der Waals surface area (Å²) in [5.74, 6) is -1.17. The summed E-state index contributed by atoms with van der Waals surface area (Å²) in [5.41, 5.74) is 0.675. The number of imidazole rings is 1. The van der Waals surface area contributed by atoms with Crippen molar-refractivity contribution < 1.29 is 31.5 Å². The molecule has 192 valence electrons. The van der Waals surface area contributed by atoms with E-state index in [0.717, 1.165) is 6.26 Å². The third-order valence-electron chi connectivity index (χ3n) is 5.12. The number of amides is 2. The molecule has 1 aromatic heterocycles. The second-order valence-corrected chi connectivity index (χ2v) is 11.4. The van der Waals surface area contributed by atoms with Crippen LogP contribution in [0.2, 0.25) is 0 Å². The van der Waals surface area contributed by atoms with E-state index in [-0.39, 0.29) is 17.3 Å². The van der Waals surface area contributed by atoms with Crippen molar-refractivity contribution in [2.24, 2.45) is 0 Å². The van der Waals surface area contributed by atoms with Gasteiger partial charge >= 0.3 is 12.0 Å². The molecule has 0 saturated carbocycles. The van der Waals surface area contributed by atoms with Crippen LogP contribution in [0.1, 0.15) is 36.6 Å². The number of aromatic carboxylic acids is 1. The monoisotopic (exact) mass is 534 g/mol. The third-order valence-corrected chi connectivity index (χ3v) is 7.50. The summed E-state index contributed by atoms with van der Waals surface area (Å²) in [6.45, 7) is 3.76. The molecule has 3 aromatic rings. The standard InChI is InChI=1S/C23H26N4O7S2/c1-4-8-19-25-21(35(3,31)32)20(22(28)29)27(19)16-13-11-15(12-14-16)17-9-6-7-10-18(17)36(33,34)26-23(30)24-5-2/h6-7,9-14H,4-5,8H2,1-3H3,(H,28,29)(H2,24,26,30). The SMILES string of the molecule is CCCc1nc(S(C)(=O)=O)c(C(=O)O)n1-c1ccc(-c2ccccc2S(=O)(=O)NC(=O)NCC)cc1. The largest absolute Gasteiger partial charge is 0.476 e. The van der Waals surface area contributed by atoms with Crippen LogP contribution in [0, 0.1) is 0 Å². The maximum Gasteiger partial charge on any atom is 0.355 e. The van der Waals surface area contributed by atoms with E-state index >= 15 is 0 Å². The molecule has 1 heterocycles. The summed E-state index contributed by atoms with van der Waals surface area (Å²) in [4.78, 5) is 27.8. The average molecular weight is 535 g/mol. The lowest BCUT2D eigenvalue weighted by Crippen LogP contribution is -2.39. The molecule has 0 saturated heterocycles. The second kappa shape index (κ2) is 10.5. The summed E-state index contributed by atoms with van der Waals surface area (Å²) in [6, 6.07) is 11.5. The van der Waals surface area contributed by atoms with Crippen LogP contribution < -0.4 is 10.0 Å². The highest BCUT2D eigenvalue weighted by atomic mass is 32.2. The van der Waals surface area contributed by atoms with Crippen LogP contribution in [0.25, 0.3) is 16.8 Å². The van der Waals surface area contributed by atoms with Crippen LogP contribution in [-0.4, -0.2) is 56.3 Å². The van der Waals surface area contributed by atoms with Crippen LogP contribution in [0.15, 0.2) is 58.5 Å². The minimum atomic E-state index is -4.19. The quantitative estimate of drug-likeness (QED) is 0.377. The lowest BCUT2D eigenvalue weighted by molar-refractivity contribution is 0.0683. The maximum absolute atomic E-state index is 12.8. The first-order valence-electron chi connectivity index (χ1n) is 11.0. The van der Waals surface area contributed by atoms with Crippen molar-refractivity contribution in [3.63, 3.8) is 0 Å². The maximum atomic E-state index is 12.8. The molecule has 13 heteroatoms. The van der Waals surface area contributed by atoms with E-state index in [4.69, 9.17) is 0 Å². The fourth-order valence-electron chi connectivity index (χ4n) is 3.66. The van der Waals surface area contributed by atoms with Crippen molar-refractivity contribution in [2.45, 2.75) is 36.6 Å². The Morgan fingerprint density at radius 3 is 2.19 bits per heavy atom. The number of rotatable bonds is 9. The Balaban J connectivity index is 2.12. The Labute approximate surface area is 209 Å². The van der Waals surface area contributed by atoms with Gasteiger partial charge in [-0.2, -0.15) is 0 Å². The molecule has 0 bridgehead atoms. The number of sulfonamides is 1. The highest BCUT2D eigenvalue weighted by Crippen LogP contribution is 2.30. The fraction of sp³-hybridized carbons (Fsp3) is 0.261.